The lowest BCUT2D eigenvalue weighted by molar-refractivity contribution is -0.119. The normalized spacial score (nSPS) is 13.1. The summed E-state index contributed by atoms with van der Waals surface area (Å²) in [4.78, 5) is 11.8. The van der Waals surface area contributed by atoms with E-state index >= 15 is 0 Å². The third kappa shape index (κ3) is 4.31. The maximum Gasteiger partial charge on any atom is 0.255 e. The highest BCUT2D eigenvalue weighted by Gasteiger charge is 2.18. The second-order valence-electron chi connectivity index (χ2n) is 5.17. The Bertz CT molecular complexity index is 948. The van der Waals surface area contributed by atoms with E-state index in [1.54, 1.807) is 30.3 Å². The van der Waals surface area contributed by atoms with Crippen LogP contribution in [0.5, 0.6) is 11.5 Å². The van der Waals surface area contributed by atoms with Crippen molar-refractivity contribution in [1.29, 1.82) is 0 Å². The first-order valence-electron chi connectivity index (χ1n) is 7.41. The zero-order chi connectivity index (χ0) is 18.6. The van der Waals surface area contributed by atoms with Crippen LogP contribution in [-0.4, -0.2) is 33.9 Å². The molecular weight excluding hydrogens is 382 g/mol. The molecule has 0 spiro atoms. The zero-order valence-electron chi connectivity index (χ0n) is 13.3. The number of amides is 1. The molecule has 0 saturated heterocycles. The van der Waals surface area contributed by atoms with Crippen molar-refractivity contribution in [3.05, 3.63) is 53.1 Å². The van der Waals surface area contributed by atoms with E-state index in [2.05, 4.69) is 15.2 Å². The molecule has 136 valence electrons. The fourth-order valence-corrected chi connectivity index (χ4v) is 3.40. The predicted octanol–water partition coefficient (Wildman–Crippen LogP) is 1.50. The van der Waals surface area contributed by atoms with E-state index in [4.69, 9.17) is 21.1 Å². The number of sulfonamides is 1. The van der Waals surface area contributed by atoms with Crippen molar-refractivity contribution in [1.82, 2.24) is 10.1 Å². The molecule has 0 radical (unpaired) electrons. The lowest BCUT2D eigenvalue weighted by Crippen LogP contribution is -2.34. The molecule has 0 aliphatic carbocycles. The van der Waals surface area contributed by atoms with Crippen molar-refractivity contribution >= 4 is 33.7 Å². The summed E-state index contributed by atoms with van der Waals surface area (Å²) in [6, 6.07) is 11.0. The van der Waals surface area contributed by atoms with Crippen LogP contribution in [0.1, 0.15) is 5.56 Å². The van der Waals surface area contributed by atoms with Crippen molar-refractivity contribution < 1.29 is 22.7 Å². The molecule has 0 fully saturated rings. The first kappa shape index (κ1) is 18.2. The molecule has 8 nitrogen and oxygen atoms in total. The van der Waals surface area contributed by atoms with Crippen LogP contribution in [-0.2, 0) is 14.8 Å². The second-order valence-corrected chi connectivity index (χ2v) is 7.34. The third-order valence-electron chi connectivity index (χ3n) is 3.33. The van der Waals surface area contributed by atoms with E-state index in [-0.39, 0.29) is 11.7 Å². The number of fused-ring (bicyclic) bond motifs is 1. The van der Waals surface area contributed by atoms with Gasteiger partial charge in [-0.25, -0.2) is 18.6 Å². The fourth-order valence-electron chi connectivity index (χ4n) is 2.12. The molecule has 0 atom stereocenters. The van der Waals surface area contributed by atoms with E-state index in [9.17, 15) is 13.2 Å². The highest BCUT2D eigenvalue weighted by Crippen LogP contribution is 2.39. The van der Waals surface area contributed by atoms with E-state index in [1.807, 2.05) is 0 Å². The van der Waals surface area contributed by atoms with Gasteiger partial charge in [0.2, 0.25) is 16.8 Å². The monoisotopic (exact) mass is 395 g/mol. The van der Waals surface area contributed by atoms with Crippen LogP contribution in [0.3, 0.4) is 0 Å². The van der Waals surface area contributed by atoms with Crippen molar-refractivity contribution in [2.75, 3.05) is 13.3 Å². The summed E-state index contributed by atoms with van der Waals surface area (Å²) in [6.45, 7) is -0.357. The van der Waals surface area contributed by atoms with Gasteiger partial charge in [-0.1, -0.05) is 29.8 Å². The molecule has 2 aromatic rings. The minimum absolute atomic E-state index is 0.0753. The van der Waals surface area contributed by atoms with E-state index in [1.165, 1.54) is 18.3 Å². The van der Waals surface area contributed by atoms with E-state index < -0.39 is 22.5 Å². The quantitative estimate of drug-likeness (QED) is 0.569. The Morgan fingerprint density at radius 1 is 1.23 bits per heavy atom. The molecule has 2 N–H and O–H groups in total. The zero-order valence-corrected chi connectivity index (χ0v) is 14.9. The first-order chi connectivity index (χ1) is 12.5. The van der Waals surface area contributed by atoms with Gasteiger partial charge in [0.05, 0.1) is 22.7 Å². The Balaban J connectivity index is 1.55. The molecular formula is C16H14ClN3O5S. The Kier molecular flexibility index (Phi) is 5.40. The number of carbonyl (C=O) groups is 1. The summed E-state index contributed by atoms with van der Waals surface area (Å²) in [5.74, 6) is 0.330. The van der Waals surface area contributed by atoms with Crippen LogP contribution in [0, 0.1) is 0 Å². The number of nitrogens with zero attached hydrogens (tertiary/aromatic N) is 1. The summed E-state index contributed by atoms with van der Waals surface area (Å²) < 4.78 is 36.6. The highest BCUT2D eigenvalue weighted by atomic mass is 35.5. The molecule has 0 bridgehead atoms. The van der Waals surface area contributed by atoms with Gasteiger partial charge in [0.1, 0.15) is 0 Å². The van der Waals surface area contributed by atoms with E-state index in [0.717, 1.165) is 0 Å². The molecule has 1 amide bonds. The number of ether oxygens (including phenoxy) is 2. The second kappa shape index (κ2) is 7.73. The molecule has 26 heavy (non-hydrogen) atoms. The molecule has 2 aromatic carbocycles. The van der Waals surface area contributed by atoms with Crippen molar-refractivity contribution in [2.45, 2.75) is 4.90 Å². The summed E-state index contributed by atoms with van der Waals surface area (Å²) in [7, 11) is -3.76. The fraction of sp³-hybridized carbons (Fsp3) is 0.125. The van der Waals surface area contributed by atoms with Crippen molar-refractivity contribution in [3.63, 3.8) is 0 Å². The van der Waals surface area contributed by atoms with Gasteiger partial charge in [0.25, 0.3) is 5.91 Å². The minimum atomic E-state index is -3.76. The highest BCUT2D eigenvalue weighted by molar-refractivity contribution is 7.89. The molecule has 1 aliphatic rings. The van der Waals surface area contributed by atoms with Gasteiger partial charge in [0.15, 0.2) is 11.5 Å². The van der Waals surface area contributed by atoms with Crippen LogP contribution in [0.4, 0.5) is 0 Å². The van der Waals surface area contributed by atoms with Crippen molar-refractivity contribution in [3.8, 4) is 11.5 Å². The first-order valence-corrected chi connectivity index (χ1v) is 9.27. The predicted molar refractivity (Wildman–Crippen MR) is 94.9 cm³/mol. The number of hydrogen-bond acceptors (Lipinski definition) is 6. The largest absolute Gasteiger partial charge is 0.454 e. The number of halogens is 1. The minimum Gasteiger partial charge on any atom is -0.454 e. The lowest BCUT2D eigenvalue weighted by Gasteiger charge is -2.05. The number of carbonyl (C=O) groups excluding carboxylic acids is 1. The Hall–Kier alpha value is -2.62. The van der Waals surface area contributed by atoms with Crippen LogP contribution in [0.15, 0.2) is 52.5 Å². The Morgan fingerprint density at radius 3 is 2.77 bits per heavy atom. The standard InChI is InChI=1S/C16H14ClN3O5S/c17-13-6-11(7-14-16(13)25-10-24-14)8-18-20-15(21)9-19-26(22,23)12-4-2-1-3-5-12/h1-8,19H,9-10H2,(H,20,21)/b18-8-. The van der Waals surface area contributed by atoms with Crippen LogP contribution >= 0.6 is 11.6 Å². The number of nitrogens with one attached hydrogen (secondary N) is 2. The molecule has 1 aliphatic heterocycles. The molecule has 0 unspecified atom stereocenters. The Labute approximate surface area is 154 Å². The maximum atomic E-state index is 12.0. The number of hydrogen-bond donors (Lipinski definition) is 2. The molecule has 10 heteroatoms. The Morgan fingerprint density at radius 2 is 2.00 bits per heavy atom. The molecule has 1 heterocycles. The molecule has 3 rings (SSSR count). The SMILES string of the molecule is O=C(CNS(=O)(=O)c1ccccc1)N/N=C\c1cc(Cl)c2c(c1)OCO2. The topological polar surface area (TPSA) is 106 Å². The molecule has 0 aromatic heterocycles. The van der Waals surface area contributed by atoms with Gasteiger partial charge in [-0.3, -0.25) is 4.79 Å². The van der Waals surface area contributed by atoms with Crippen LogP contribution in [0.25, 0.3) is 0 Å². The summed E-state index contributed by atoms with van der Waals surface area (Å²) in [6.07, 6.45) is 1.36. The van der Waals surface area contributed by atoms with Gasteiger partial charge in [-0.05, 0) is 29.8 Å². The van der Waals surface area contributed by atoms with Crippen LogP contribution < -0.4 is 19.6 Å². The van der Waals surface area contributed by atoms with Gasteiger partial charge in [0, 0.05) is 0 Å². The van der Waals surface area contributed by atoms with Gasteiger partial charge in [-0.2, -0.15) is 5.10 Å². The number of rotatable bonds is 6. The average molecular weight is 396 g/mol. The number of benzene rings is 2. The smallest absolute Gasteiger partial charge is 0.255 e. The molecule has 0 saturated carbocycles. The van der Waals surface area contributed by atoms with Gasteiger partial charge >= 0.3 is 0 Å². The van der Waals surface area contributed by atoms with Crippen LogP contribution in [0.2, 0.25) is 5.02 Å². The number of hydrazone groups is 1. The average Bonchev–Trinajstić information content (AvgIpc) is 3.10. The summed E-state index contributed by atoms with van der Waals surface area (Å²) in [5.41, 5.74) is 2.82. The van der Waals surface area contributed by atoms with Gasteiger partial charge < -0.3 is 9.47 Å². The maximum absolute atomic E-state index is 12.0. The van der Waals surface area contributed by atoms with E-state index in [0.29, 0.717) is 22.1 Å². The summed E-state index contributed by atoms with van der Waals surface area (Å²) >= 11 is 6.04. The van der Waals surface area contributed by atoms with Gasteiger partial charge in [-0.15, -0.1) is 0 Å². The lowest BCUT2D eigenvalue weighted by atomic mass is 10.2. The summed E-state index contributed by atoms with van der Waals surface area (Å²) in [5, 5.41) is 4.13. The third-order valence-corrected chi connectivity index (χ3v) is 5.03. The van der Waals surface area contributed by atoms with Crippen molar-refractivity contribution in [2.24, 2.45) is 5.10 Å².